The summed E-state index contributed by atoms with van der Waals surface area (Å²) < 4.78 is 38.1. The SMILES string of the molecule is CN(C)c1ccc(/C=N/c2ccc(/N=N/c3ccc(/N=N/c4ccc(C(F)(F)F)cc4)cc3)c3ccccc23)cc1. The Morgan fingerprint density at radius 1 is 0.561 bits per heavy atom. The molecule has 41 heavy (non-hydrogen) atoms. The van der Waals surface area contributed by atoms with Gasteiger partial charge in [-0.1, -0.05) is 36.4 Å². The van der Waals surface area contributed by atoms with Gasteiger partial charge in [0.05, 0.1) is 34.0 Å². The summed E-state index contributed by atoms with van der Waals surface area (Å²) in [6.07, 6.45) is -2.54. The van der Waals surface area contributed by atoms with Crippen molar-refractivity contribution in [3.63, 3.8) is 0 Å². The second-order valence-corrected chi connectivity index (χ2v) is 9.35. The van der Waals surface area contributed by atoms with Gasteiger partial charge in [0.25, 0.3) is 0 Å². The average molecular weight is 551 g/mol. The lowest BCUT2D eigenvalue weighted by atomic mass is 10.1. The quantitative estimate of drug-likeness (QED) is 0.147. The largest absolute Gasteiger partial charge is 0.416 e. The Morgan fingerprint density at radius 3 is 1.59 bits per heavy atom. The lowest BCUT2D eigenvalue weighted by Gasteiger charge is -2.11. The van der Waals surface area contributed by atoms with E-state index in [4.69, 9.17) is 4.99 Å². The van der Waals surface area contributed by atoms with Crippen LogP contribution in [-0.4, -0.2) is 20.3 Å². The molecule has 5 aromatic carbocycles. The van der Waals surface area contributed by atoms with Gasteiger partial charge in [0.15, 0.2) is 0 Å². The summed E-state index contributed by atoms with van der Waals surface area (Å²) in [6, 6.07) is 31.3. The monoisotopic (exact) mass is 550 g/mol. The summed E-state index contributed by atoms with van der Waals surface area (Å²) in [5, 5.41) is 18.8. The normalized spacial score (nSPS) is 12.2. The summed E-state index contributed by atoms with van der Waals surface area (Å²) in [6.45, 7) is 0. The average Bonchev–Trinajstić information content (AvgIpc) is 2.98. The highest BCUT2D eigenvalue weighted by molar-refractivity contribution is 6.01. The minimum absolute atomic E-state index is 0.323. The molecule has 204 valence electrons. The summed E-state index contributed by atoms with van der Waals surface area (Å²) in [4.78, 5) is 6.77. The number of alkyl halides is 3. The Kier molecular flexibility index (Phi) is 7.96. The minimum Gasteiger partial charge on any atom is -0.378 e. The molecule has 6 nitrogen and oxygen atoms in total. The van der Waals surface area contributed by atoms with Gasteiger partial charge in [-0.2, -0.15) is 28.5 Å². The zero-order valence-electron chi connectivity index (χ0n) is 22.3. The van der Waals surface area contributed by atoms with Crippen LogP contribution in [0.1, 0.15) is 11.1 Å². The Morgan fingerprint density at radius 2 is 1.05 bits per heavy atom. The highest BCUT2D eigenvalue weighted by atomic mass is 19.4. The van der Waals surface area contributed by atoms with Crippen molar-refractivity contribution in [1.82, 2.24) is 0 Å². The van der Waals surface area contributed by atoms with Crippen molar-refractivity contribution < 1.29 is 13.2 Å². The smallest absolute Gasteiger partial charge is 0.378 e. The number of nitrogens with zero attached hydrogens (tertiary/aromatic N) is 6. The zero-order chi connectivity index (χ0) is 28.8. The van der Waals surface area contributed by atoms with E-state index in [1.807, 2.05) is 73.7 Å². The summed E-state index contributed by atoms with van der Waals surface area (Å²) in [7, 11) is 4.01. The van der Waals surface area contributed by atoms with E-state index in [9.17, 15) is 13.2 Å². The Bertz CT molecular complexity index is 1720. The third kappa shape index (κ3) is 6.88. The molecule has 5 aromatic rings. The van der Waals surface area contributed by atoms with E-state index in [2.05, 4.69) is 32.6 Å². The van der Waals surface area contributed by atoms with Crippen LogP contribution in [0.3, 0.4) is 0 Å². The highest BCUT2D eigenvalue weighted by Crippen LogP contribution is 2.35. The second-order valence-electron chi connectivity index (χ2n) is 9.35. The van der Waals surface area contributed by atoms with E-state index < -0.39 is 11.7 Å². The van der Waals surface area contributed by atoms with Crippen LogP contribution in [-0.2, 0) is 6.18 Å². The van der Waals surface area contributed by atoms with Gasteiger partial charge in [-0.05, 0) is 78.4 Å². The maximum absolute atomic E-state index is 12.7. The van der Waals surface area contributed by atoms with E-state index in [0.29, 0.717) is 22.7 Å². The van der Waals surface area contributed by atoms with Crippen molar-refractivity contribution >= 4 is 51.1 Å². The summed E-state index contributed by atoms with van der Waals surface area (Å²) >= 11 is 0. The number of halogens is 3. The van der Waals surface area contributed by atoms with Crippen molar-refractivity contribution in [3.05, 3.63) is 120 Å². The van der Waals surface area contributed by atoms with E-state index in [0.717, 1.165) is 39.8 Å². The lowest BCUT2D eigenvalue weighted by Crippen LogP contribution is -2.08. The van der Waals surface area contributed by atoms with Crippen molar-refractivity contribution in [2.24, 2.45) is 25.4 Å². The molecule has 0 unspecified atom stereocenters. The van der Waals surface area contributed by atoms with Crippen LogP contribution in [0.25, 0.3) is 10.8 Å². The van der Waals surface area contributed by atoms with E-state index >= 15 is 0 Å². The van der Waals surface area contributed by atoms with Crippen LogP contribution in [0, 0.1) is 0 Å². The minimum atomic E-state index is -4.39. The Labute approximate surface area is 235 Å². The van der Waals surface area contributed by atoms with Crippen molar-refractivity contribution in [1.29, 1.82) is 0 Å². The van der Waals surface area contributed by atoms with E-state index in [1.54, 1.807) is 24.3 Å². The molecule has 0 radical (unpaired) electrons. The fourth-order valence-corrected chi connectivity index (χ4v) is 4.00. The van der Waals surface area contributed by atoms with Gasteiger partial charge in [0.1, 0.15) is 0 Å². The molecular weight excluding hydrogens is 525 g/mol. The number of hydrogen-bond acceptors (Lipinski definition) is 6. The first-order valence-corrected chi connectivity index (χ1v) is 12.7. The molecule has 0 spiro atoms. The zero-order valence-corrected chi connectivity index (χ0v) is 22.3. The Balaban J connectivity index is 1.30. The fraction of sp³-hybridized carbons (Fsp3) is 0.0938. The van der Waals surface area contributed by atoms with Gasteiger partial charge in [0, 0.05) is 36.8 Å². The first-order valence-electron chi connectivity index (χ1n) is 12.7. The third-order valence-corrected chi connectivity index (χ3v) is 6.24. The highest BCUT2D eigenvalue weighted by Gasteiger charge is 2.29. The molecule has 0 bridgehead atoms. The molecule has 0 aromatic heterocycles. The molecular formula is C32H25F3N6. The number of azo groups is 2. The molecule has 0 heterocycles. The number of anilines is 1. The van der Waals surface area contributed by atoms with E-state index in [1.165, 1.54) is 12.1 Å². The number of benzene rings is 5. The molecule has 0 saturated heterocycles. The van der Waals surface area contributed by atoms with Crippen LogP contribution in [0.2, 0.25) is 0 Å². The van der Waals surface area contributed by atoms with Gasteiger partial charge in [0.2, 0.25) is 0 Å². The molecule has 0 atom stereocenters. The van der Waals surface area contributed by atoms with Crippen LogP contribution in [0.5, 0.6) is 0 Å². The molecule has 0 N–H and O–H groups in total. The molecule has 0 aliphatic rings. The topological polar surface area (TPSA) is 65.0 Å². The van der Waals surface area contributed by atoms with Gasteiger partial charge in [-0.15, -0.1) is 5.11 Å². The Hall–Kier alpha value is -5.18. The van der Waals surface area contributed by atoms with Gasteiger partial charge >= 0.3 is 6.18 Å². The predicted octanol–water partition coefficient (Wildman–Crippen LogP) is 10.5. The first-order chi connectivity index (χ1) is 19.8. The number of rotatable bonds is 7. The summed E-state index contributed by atoms with van der Waals surface area (Å²) in [5.41, 5.74) is 4.42. The standard InChI is InChI=1S/C32H25F3N6/c1-41(2)27-17-7-22(8-18-27)21-36-30-19-20-31(29-6-4-3-5-28(29)30)40-39-26-15-13-25(14-16-26)38-37-24-11-9-23(10-12-24)32(33,34)35/h3-21H,1-2H3/b36-21+,38-37+,40-39+. The van der Waals surface area contributed by atoms with Crippen LogP contribution < -0.4 is 4.90 Å². The first kappa shape index (κ1) is 27.4. The van der Waals surface area contributed by atoms with E-state index in [-0.39, 0.29) is 0 Å². The van der Waals surface area contributed by atoms with Gasteiger partial charge in [-0.25, -0.2) is 0 Å². The maximum atomic E-state index is 12.7. The third-order valence-electron chi connectivity index (χ3n) is 6.24. The number of hydrogen-bond donors (Lipinski definition) is 0. The molecule has 0 saturated carbocycles. The van der Waals surface area contributed by atoms with Crippen molar-refractivity contribution in [3.8, 4) is 0 Å². The fourth-order valence-electron chi connectivity index (χ4n) is 4.00. The van der Waals surface area contributed by atoms with Crippen molar-refractivity contribution in [2.45, 2.75) is 6.18 Å². The summed E-state index contributed by atoms with van der Waals surface area (Å²) in [5.74, 6) is 0. The predicted molar refractivity (Wildman–Crippen MR) is 158 cm³/mol. The van der Waals surface area contributed by atoms with Gasteiger partial charge in [-0.3, -0.25) is 4.99 Å². The molecule has 9 heteroatoms. The molecule has 0 aliphatic heterocycles. The molecule has 0 aliphatic carbocycles. The molecule has 5 rings (SSSR count). The second kappa shape index (κ2) is 11.9. The van der Waals surface area contributed by atoms with Crippen LogP contribution >= 0.6 is 0 Å². The molecule has 0 amide bonds. The lowest BCUT2D eigenvalue weighted by molar-refractivity contribution is -0.137. The number of fused-ring (bicyclic) bond motifs is 1. The maximum Gasteiger partial charge on any atom is 0.416 e. The van der Waals surface area contributed by atoms with Crippen LogP contribution in [0.4, 0.5) is 47.3 Å². The number of aliphatic imine (C=N–C) groups is 1. The molecule has 0 fully saturated rings. The van der Waals surface area contributed by atoms with Crippen molar-refractivity contribution in [2.75, 3.05) is 19.0 Å². The van der Waals surface area contributed by atoms with Gasteiger partial charge < -0.3 is 4.90 Å². The van der Waals surface area contributed by atoms with Crippen LogP contribution in [0.15, 0.2) is 135 Å².